The lowest BCUT2D eigenvalue weighted by molar-refractivity contribution is 0.0799. The van der Waals surface area contributed by atoms with Crippen molar-refractivity contribution in [2.45, 2.75) is 24.3 Å². The molecule has 16 heavy (non-hydrogen) atoms. The molecule has 0 aliphatic heterocycles. The molecule has 0 aliphatic carbocycles. The second kappa shape index (κ2) is 5.53. The molecule has 0 bridgehead atoms. The van der Waals surface area contributed by atoms with Gasteiger partial charge in [0, 0.05) is 13.2 Å². The number of hydrogen-bond donors (Lipinski definition) is 2. The van der Waals surface area contributed by atoms with Crippen LogP contribution >= 0.6 is 11.3 Å². The van der Waals surface area contributed by atoms with Crippen molar-refractivity contribution in [3.05, 3.63) is 0 Å². The third kappa shape index (κ3) is 3.67. The van der Waals surface area contributed by atoms with Gasteiger partial charge in [0.05, 0.1) is 6.10 Å². The molecule has 9 heteroatoms. The van der Waals surface area contributed by atoms with Crippen molar-refractivity contribution >= 4 is 26.5 Å². The van der Waals surface area contributed by atoms with E-state index < -0.39 is 10.0 Å². The van der Waals surface area contributed by atoms with Crippen LogP contribution in [0.25, 0.3) is 0 Å². The maximum atomic E-state index is 11.6. The number of rotatable bonds is 6. The molecule has 92 valence electrons. The van der Waals surface area contributed by atoms with Crippen LogP contribution in [0, 0.1) is 0 Å². The van der Waals surface area contributed by atoms with Gasteiger partial charge in [-0.05, 0) is 13.8 Å². The van der Waals surface area contributed by atoms with Gasteiger partial charge in [-0.25, -0.2) is 13.1 Å². The quantitative estimate of drug-likeness (QED) is 0.740. The first-order valence-corrected chi connectivity index (χ1v) is 6.96. The van der Waals surface area contributed by atoms with Crippen LogP contribution in [0.4, 0.5) is 5.13 Å². The minimum Gasteiger partial charge on any atom is -0.377 e. The Morgan fingerprint density at radius 1 is 1.56 bits per heavy atom. The molecule has 0 saturated carbocycles. The lowest BCUT2D eigenvalue weighted by Crippen LogP contribution is -2.32. The summed E-state index contributed by atoms with van der Waals surface area (Å²) in [5, 5.41) is 7.03. The molecule has 1 atom stereocenters. The number of hydrogen-bond acceptors (Lipinski definition) is 7. The average Bonchev–Trinajstić information content (AvgIpc) is 2.63. The van der Waals surface area contributed by atoms with E-state index in [9.17, 15) is 8.42 Å². The predicted molar refractivity (Wildman–Crippen MR) is 60.6 cm³/mol. The van der Waals surface area contributed by atoms with E-state index in [0.29, 0.717) is 6.61 Å². The third-order valence-electron chi connectivity index (χ3n) is 1.66. The van der Waals surface area contributed by atoms with Gasteiger partial charge in [-0.1, -0.05) is 11.3 Å². The van der Waals surface area contributed by atoms with Gasteiger partial charge in [-0.15, -0.1) is 10.2 Å². The van der Waals surface area contributed by atoms with Crippen molar-refractivity contribution in [3.8, 4) is 0 Å². The number of anilines is 1. The summed E-state index contributed by atoms with van der Waals surface area (Å²) in [5.41, 5.74) is 5.31. The molecule has 7 nitrogen and oxygen atoms in total. The maximum Gasteiger partial charge on any atom is 0.269 e. The van der Waals surface area contributed by atoms with Gasteiger partial charge in [0.15, 0.2) is 0 Å². The maximum absolute atomic E-state index is 11.6. The Bertz CT molecular complexity index is 431. The lowest BCUT2D eigenvalue weighted by atomic mass is 10.4. The van der Waals surface area contributed by atoms with E-state index in [1.54, 1.807) is 6.92 Å². The van der Waals surface area contributed by atoms with E-state index in [1.807, 2.05) is 6.92 Å². The van der Waals surface area contributed by atoms with E-state index in [0.717, 1.165) is 11.3 Å². The molecule has 1 rings (SSSR count). The Labute approximate surface area is 98.1 Å². The van der Waals surface area contributed by atoms with E-state index in [4.69, 9.17) is 10.5 Å². The summed E-state index contributed by atoms with van der Waals surface area (Å²) in [6.07, 6.45) is -0.190. The number of nitrogens with two attached hydrogens (primary N) is 1. The van der Waals surface area contributed by atoms with E-state index in [2.05, 4.69) is 14.9 Å². The third-order valence-corrected chi connectivity index (χ3v) is 4.21. The van der Waals surface area contributed by atoms with Crippen molar-refractivity contribution in [1.82, 2.24) is 14.9 Å². The summed E-state index contributed by atoms with van der Waals surface area (Å²) in [7, 11) is -3.62. The van der Waals surface area contributed by atoms with Gasteiger partial charge < -0.3 is 10.5 Å². The summed E-state index contributed by atoms with van der Waals surface area (Å²) in [5.74, 6) is 0. The number of aromatic nitrogens is 2. The Hall–Kier alpha value is -0.770. The summed E-state index contributed by atoms with van der Waals surface area (Å²) < 4.78 is 30.7. The minimum absolute atomic E-state index is 0.123. The Morgan fingerprint density at radius 3 is 2.75 bits per heavy atom. The summed E-state index contributed by atoms with van der Waals surface area (Å²) in [4.78, 5) is 0. The van der Waals surface area contributed by atoms with Gasteiger partial charge in [-0.2, -0.15) is 0 Å². The molecule has 1 aromatic rings. The largest absolute Gasteiger partial charge is 0.377 e. The van der Waals surface area contributed by atoms with Gasteiger partial charge in [0.1, 0.15) is 0 Å². The van der Waals surface area contributed by atoms with Crippen LogP contribution in [-0.2, 0) is 14.8 Å². The van der Waals surface area contributed by atoms with Crippen LogP contribution < -0.4 is 10.5 Å². The molecule has 0 fully saturated rings. The van der Waals surface area contributed by atoms with E-state index in [-0.39, 0.29) is 22.1 Å². The molecular weight excluding hydrogens is 252 g/mol. The van der Waals surface area contributed by atoms with E-state index >= 15 is 0 Å². The van der Waals surface area contributed by atoms with Crippen LogP contribution in [-0.4, -0.2) is 37.9 Å². The molecule has 0 radical (unpaired) electrons. The molecule has 1 aromatic heterocycles. The second-order valence-corrected chi connectivity index (χ2v) is 5.97. The SMILES string of the molecule is CCOC(C)CNS(=O)(=O)c1nnc(N)s1. The number of ether oxygens (including phenoxy) is 1. The normalized spacial score (nSPS) is 13.9. The smallest absolute Gasteiger partial charge is 0.269 e. The van der Waals surface area contributed by atoms with Crippen LogP contribution in [0.2, 0.25) is 0 Å². The summed E-state index contributed by atoms with van der Waals surface area (Å²) in [6, 6.07) is 0. The highest BCUT2D eigenvalue weighted by molar-refractivity contribution is 7.91. The van der Waals surface area contributed by atoms with Gasteiger partial charge in [0.25, 0.3) is 10.0 Å². The van der Waals surface area contributed by atoms with Crippen molar-refractivity contribution < 1.29 is 13.2 Å². The predicted octanol–water partition coefficient (Wildman–Crippen LogP) is -0.176. The van der Waals surface area contributed by atoms with Crippen LogP contribution in [0.1, 0.15) is 13.8 Å². The molecule has 1 unspecified atom stereocenters. The molecule has 0 amide bonds. The first kappa shape index (κ1) is 13.3. The van der Waals surface area contributed by atoms with Crippen molar-refractivity contribution in [1.29, 1.82) is 0 Å². The summed E-state index contributed by atoms with van der Waals surface area (Å²) in [6.45, 7) is 4.35. The van der Waals surface area contributed by atoms with Crippen LogP contribution in [0.3, 0.4) is 0 Å². The van der Waals surface area contributed by atoms with Crippen molar-refractivity contribution in [2.24, 2.45) is 0 Å². The first-order valence-electron chi connectivity index (χ1n) is 4.66. The fourth-order valence-electron chi connectivity index (χ4n) is 0.961. The average molecular weight is 266 g/mol. The zero-order valence-corrected chi connectivity index (χ0v) is 10.6. The fourth-order valence-corrected chi connectivity index (χ4v) is 2.90. The Morgan fingerprint density at radius 2 is 2.25 bits per heavy atom. The molecule has 0 spiro atoms. The number of sulfonamides is 1. The zero-order valence-electron chi connectivity index (χ0n) is 9.00. The highest BCUT2D eigenvalue weighted by Crippen LogP contribution is 2.16. The molecule has 0 saturated heterocycles. The van der Waals surface area contributed by atoms with Gasteiger partial charge >= 0.3 is 0 Å². The van der Waals surface area contributed by atoms with Crippen LogP contribution in [0.15, 0.2) is 4.34 Å². The minimum atomic E-state index is -3.62. The van der Waals surface area contributed by atoms with Crippen molar-refractivity contribution in [2.75, 3.05) is 18.9 Å². The molecule has 0 aromatic carbocycles. The molecule has 1 heterocycles. The first-order chi connectivity index (χ1) is 7.45. The molecule has 0 aliphatic rings. The lowest BCUT2D eigenvalue weighted by Gasteiger charge is -2.11. The summed E-state index contributed by atoms with van der Waals surface area (Å²) >= 11 is 0.824. The Balaban J connectivity index is 2.59. The van der Waals surface area contributed by atoms with Gasteiger partial charge in [-0.3, -0.25) is 0 Å². The standard InChI is InChI=1S/C7H14N4O3S2/c1-3-14-5(2)4-9-16(12,13)7-11-10-6(8)15-7/h5,9H,3-4H2,1-2H3,(H2,8,10). The topological polar surface area (TPSA) is 107 Å². The van der Waals surface area contributed by atoms with E-state index in [1.165, 1.54) is 0 Å². The monoisotopic (exact) mass is 266 g/mol. The van der Waals surface area contributed by atoms with Gasteiger partial charge in [0.2, 0.25) is 9.47 Å². The number of nitrogens with zero attached hydrogens (tertiary/aromatic N) is 2. The molecular formula is C7H14N4O3S2. The fraction of sp³-hybridized carbons (Fsp3) is 0.714. The van der Waals surface area contributed by atoms with Crippen molar-refractivity contribution in [3.63, 3.8) is 0 Å². The zero-order chi connectivity index (χ0) is 12.2. The highest BCUT2D eigenvalue weighted by Gasteiger charge is 2.19. The highest BCUT2D eigenvalue weighted by atomic mass is 32.2. The number of nitrogens with one attached hydrogen (secondary N) is 1. The molecule has 3 N–H and O–H groups in total. The second-order valence-electron chi connectivity index (χ2n) is 3.02. The van der Waals surface area contributed by atoms with Crippen LogP contribution in [0.5, 0.6) is 0 Å². The Kier molecular flexibility index (Phi) is 4.59. The number of nitrogen functional groups attached to an aromatic ring is 1.